The standard InChI is InChI=1S/C25H26N4O4/c30-24(23-4-2-14-32-23)28-12-9-22(10-13-28)33-21-7-5-20(6-8-21)27-25(31)29-16-19(17-29)18-3-1-11-26-15-18/h1-8,11,14-15,19,22H,9-10,12-13,16-17H2,(H,27,31). The van der Waals surface area contributed by atoms with Gasteiger partial charge in [0.2, 0.25) is 0 Å². The van der Waals surface area contributed by atoms with Crippen molar-refractivity contribution < 1.29 is 18.7 Å². The number of anilines is 1. The molecule has 2 aromatic heterocycles. The zero-order valence-corrected chi connectivity index (χ0v) is 18.2. The number of likely N-dealkylation sites (tertiary alicyclic amines) is 2. The van der Waals surface area contributed by atoms with Crippen LogP contribution in [0.4, 0.5) is 10.5 Å². The van der Waals surface area contributed by atoms with Crippen LogP contribution >= 0.6 is 0 Å². The Kier molecular flexibility index (Phi) is 5.97. The van der Waals surface area contributed by atoms with Crippen LogP contribution in [0.2, 0.25) is 0 Å². The second kappa shape index (κ2) is 9.36. The highest BCUT2D eigenvalue weighted by atomic mass is 16.5. The van der Waals surface area contributed by atoms with Crippen molar-refractivity contribution in [2.24, 2.45) is 0 Å². The maximum atomic E-state index is 12.5. The third kappa shape index (κ3) is 4.84. The van der Waals surface area contributed by atoms with E-state index >= 15 is 0 Å². The molecule has 3 amide bonds. The van der Waals surface area contributed by atoms with Crippen LogP contribution in [0.15, 0.2) is 71.6 Å². The molecule has 1 aromatic carbocycles. The molecule has 0 spiro atoms. The second-order valence-corrected chi connectivity index (χ2v) is 8.43. The summed E-state index contributed by atoms with van der Waals surface area (Å²) in [5.74, 6) is 1.40. The summed E-state index contributed by atoms with van der Waals surface area (Å²) < 4.78 is 11.3. The molecule has 3 aromatic rings. The molecule has 0 saturated carbocycles. The minimum absolute atomic E-state index is 0.0524. The molecule has 170 valence electrons. The zero-order valence-electron chi connectivity index (χ0n) is 18.2. The summed E-state index contributed by atoms with van der Waals surface area (Å²) in [5.41, 5.74) is 1.90. The molecule has 2 saturated heterocycles. The molecule has 2 fully saturated rings. The number of amides is 3. The van der Waals surface area contributed by atoms with Crippen LogP contribution in [-0.4, -0.2) is 59.0 Å². The number of carbonyl (C=O) groups is 2. The van der Waals surface area contributed by atoms with Gasteiger partial charge in [-0.05, 0) is 48.0 Å². The maximum absolute atomic E-state index is 12.5. The Labute approximate surface area is 192 Å². The maximum Gasteiger partial charge on any atom is 0.321 e. The number of nitrogens with one attached hydrogen (secondary N) is 1. The molecule has 0 atom stereocenters. The summed E-state index contributed by atoms with van der Waals surface area (Å²) >= 11 is 0. The van der Waals surface area contributed by atoms with Crippen LogP contribution in [0.3, 0.4) is 0 Å². The molecular weight excluding hydrogens is 420 g/mol. The van der Waals surface area contributed by atoms with Crippen molar-refractivity contribution >= 4 is 17.6 Å². The van der Waals surface area contributed by atoms with Gasteiger partial charge in [0.25, 0.3) is 5.91 Å². The van der Waals surface area contributed by atoms with E-state index < -0.39 is 0 Å². The lowest BCUT2D eigenvalue weighted by Gasteiger charge is -2.39. The topological polar surface area (TPSA) is 87.9 Å². The van der Waals surface area contributed by atoms with Crippen molar-refractivity contribution in [1.29, 1.82) is 0 Å². The van der Waals surface area contributed by atoms with Crippen LogP contribution in [0.25, 0.3) is 0 Å². The lowest BCUT2D eigenvalue weighted by Crippen LogP contribution is -2.50. The summed E-state index contributed by atoms with van der Waals surface area (Å²) in [6.07, 6.45) is 6.71. The first-order valence-corrected chi connectivity index (χ1v) is 11.2. The van der Waals surface area contributed by atoms with Crippen molar-refractivity contribution in [3.63, 3.8) is 0 Å². The van der Waals surface area contributed by atoms with E-state index in [1.165, 1.54) is 11.8 Å². The van der Waals surface area contributed by atoms with Crippen molar-refractivity contribution in [1.82, 2.24) is 14.8 Å². The van der Waals surface area contributed by atoms with Crippen molar-refractivity contribution in [3.05, 3.63) is 78.5 Å². The number of hydrogen-bond acceptors (Lipinski definition) is 5. The van der Waals surface area contributed by atoms with Crippen molar-refractivity contribution in [2.75, 3.05) is 31.5 Å². The van der Waals surface area contributed by atoms with E-state index in [-0.39, 0.29) is 18.0 Å². The molecule has 8 nitrogen and oxygen atoms in total. The number of aromatic nitrogens is 1. The monoisotopic (exact) mass is 446 g/mol. The third-order valence-electron chi connectivity index (χ3n) is 6.19. The Bertz CT molecular complexity index is 1070. The number of carbonyl (C=O) groups excluding carboxylic acids is 2. The van der Waals surface area contributed by atoms with Gasteiger partial charge in [0.15, 0.2) is 5.76 Å². The first kappa shape index (κ1) is 21.1. The molecule has 8 heteroatoms. The van der Waals surface area contributed by atoms with E-state index in [4.69, 9.17) is 9.15 Å². The molecule has 0 aliphatic carbocycles. The van der Waals surface area contributed by atoms with Gasteiger partial charge < -0.3 is 24.3 Å². The molecular formula is C25H26N4O4. The van der Waals surface area contributed by atoms with Gasteiger partial charge in [-0.25, -0.2) is 4.79 Å². The number of urea groups is 1. The van der Waals surface area contributed by atoms with E-state index in [2.05, 4.69) is 10.3 Å². The van der Waals surface area contributed by atoms with Gasteiger partial charge >= 0.3 is 6.03 Å². The molecule has 0 unspecified atom stereocenters. The number of rotatable bonds is 5. The summed E-state index contributed by atoms with van der Waals surface area (Å²) in [7, 11) is 0. The highest BCUT2D eigenvalue weighted by Gasteiger charge is 2.32. The molecule has 0 bridgehead atoms. The van der Waals surface area contributed by atoms with Gasteiger partial charge in [0, 0.05) is 63.0 Å². The summed E-state index contributed by atoms with van der Waals surface area (Å²) in [5, 5.41) is 2.94. The number of furan rings is 1. The minimum Gasteiger partial charge on any atom is -0.490 e. The van der Waals surface area contributed by atoms with E-state index in [1.54, 1.807) is 28.1 Å². The predicted molar refractivity (Wildman–Crippen MR) is 122 cm³/mol. The van der Waals surface area contributed by atoms with E-state index in [0.29, 0.717) is 37.9 Å². The number of ether oxygens (including phenoxy) is 1. The van der Waals surface area contributed by atoms with Gasteiger partial charge in [0.05, 0.1) is 6.26 Å². The molecule has 4 heterocycles. The summed E-state index contributed by atoms with van der Waals surface area (Å²) in [4.78, 5) is 32.6. The number of nitrogens with zero attached hydrogens (tertiary/aromatic N) is 3. The number of hydrogen-bond donors (Lipinski definition) is 1. The molecule has 2 aliphatic heterocycles. The van der Waals surface area contributed by atoms with Gasteiger partial charge in [-0.2, -0.15) is 0 Å². The van der Waals surface area contributed by atoms with Gasteiger partial charge in [-0.3, -0.25) is 9.78 Å². The molecule has 33 heavy (non-hydrogen) atoms. The van der Waals surface area contributed by atoms with Crippen LogP contribution in [0, 0.1) is 0 Å². The highest BCUT2D eigenvalue weighted by Crippen LogP contribution is 2.27. The van der Waals surface area contributed by atoms with Crippen molar-refractivity contribution in [3.8, 4) is 5.75 Å². The van der Waals surface area contributed by atoms with Crippen LogP contribution in [-0.2, 0) is 0 Å². The number of piperidine rings is 1. The smallest absolute Gasteiger partial charge is 0.321 e. The lowest BCUT2D eigenvalue weighted by molar-refractivity contribution is 0.0567. The molecule has 1 N–H and O–H groups in total. The van der Waals surface area contributed by atoms with E-state index in [1.807, 2.05) is 42.6 Å². The average Bonchev–Trinajstić information content (AvgIpc) is 3.35. The Morgan fingerprint density at radius 1 is 1.00 bits per heavy atom. The lowest BCUT2D eigenvalue weighted by atomic mass is 9.93. The third-order valence-corrected chi connectivity index (χ3v) is 6.19. The van der Waals surface area contributed by atoms with E-state index in [9.17, 15) is 9.59 Å². The minimum atomic E-state index is -0.0996. The molecule has 0 radical (unpaired) electrons. The van der Waals surface area contributed by atoms with Gasteiger partial charge in [-0.1, -0.05) is 6.07 Å². The average molecular weight is 447 g/mol. The SMILES string of the molecule is O=C(Nc1ccc(OC2CCN(C(=O)c3ccco3)CC2)cc1)N1CC(c2cccnc2)C1. The van der Waals surface area contributed by atoms with Crippen LogP contribution < -0.4 is 10.1 Å². The Morgan fingerprint density at radius 2 is 1.79 bits per heavy atom. The largest absolute Gasteiger partial charge is 0.490 e. The van der Waals surface area contributed by atoms with Crippen LogP contribution in [0.5, 0.6) is 5.75 Å². The van der Waals surface area contributed by atoms with Crippen molar-refractivity contribution in [2.45, 2.75) is 24.9 Å². The first-order chi connectivity index (χ1) is 16.2. The number of pyridine rings is 1. The Morgan fingerprint density at radius 3 is 2.45 bits per heavy atom. The van der Waals surface area contributed by atoms with Crippen LogP contribution in [0.1, 0.15) is 34.9 Å². The Hall–Kier alpha value is -3.81. The fourth-order valence-electron chi connectivity index (χ4n) is 4.22. The summed E-state index contributed by atoms with van der Waals surface area (Å²) in [6, 6.07) is 14.7. The highest BCUT2D eigenvalue weighted by molar-refractivity contribution is 5.91. The quantitative estimate of drug-likeness (QED) is 0.640. The van der Waals surface area contributed by atoms with Gasteiger partial charge in [0.1, 0.15) is 11.9 Å². The second-order valence-electron chi connectivity index (χ2n) is 8.43. The fraction of sp³-hybridized carbons (Fsp3) is 0.320. The Balaban J connectivity index is 1.06. The van der Waals surface area contributed by atoms with Gasteiger partial charge in [-0.15, -0.1) is 0 Å². The predicted octanol–water partition coefficient (Wildman–Crippen LogP) is 3.99. The number of benzene rings is 1. The zero-order chi connectivity index (χ0) is 22.6. The summed E-state index contributed by atoms with van der Waals surface area (Å²) in [6.45, 7) is 2.65. The fourth-order valence-corrected chi connectivity index (χ4v) is 4.22. The molecule has 2 aliphatic rings. The normalized spacial score (nSPS) is 16.8. The van der Waals surface area contributed by atoms with E-state index in [0.717, 1.165) is 24.3 Å². The molecule has 5 rings (SSSR count). The first-order valence-electron chi connectivity index (χ1n) is 11.2.